The van der Waals surface area contributed by atoms with Crippen molar-refractivity contribution in [1.82, 2.24) is 5.32 Å². The van der Waals surface area contributed by atoms with E-state index in [-0.39, 0.29) is 0 Å². The number of benzene rings is 1. The maximum atomic E-state index is 6.09. The maximum absolute atomic E-state index is 6.09. The fourth-order valence-electron chi connectivity index (χ4n) is 2.40. The first-order valence-electron chi connectivity index (χ1n) is 6.51. The number of rotatable bonds is 5. The van der Waals surface area contributed by atoms with Crippen LogP contribution in [0.2, 0.25) is 5.02 Å². The van der Waals surface area contributed by atoms with Crippen molar-refractivity contribution >= 4 is 17.3 Å². The third-order valence-corrected chi connectivity index (χ3v) is 3.66. The van der Waals surface area contributed by atoms with Gasteiger partial charge in [-0.2, -0.15) is 0 Å². The lowest BCUT2D eigenvalue weighted by Gasteiger charge is -2.22. The SMILES string of the molecule is CCNCc1cc(Cl)ccc1N1CCC(OC)C1. The van der Waals surface area contributed by atoms with Crippen molar-refractivity contribution < 1.29 is 4.74 Å². The van der Waals surface area contributed by atoms with Crippen LogP contribution in [0.5, 0.6) is 0 Å². The quantitative estimate of drug-likeness (QED) is 0.889. The standard InChI is InChI=1S/C14H21ClN2O/c1-3-16-9-11-8-12(15)4-5-14(11)17-7-6-13(10-17)18-2/h4-5,8,13,16H,3,6-7,9-10H2,1-2H3. The molecule has 0 saturated carbocycles. The average molecular weight is 269 g/mol. The summed E-state index contributed by atoms with van der Waals surface area (Å²) in [5.74, 6) is 0. The fraction of sp³-hybridized carbons (Fsp3) is 0.571. The van der Waals surface area contributed by atoms with Crippen LogP contribution in [0.4, 0.5) is 5.69 Å². The molecule has 1 heterocycles. The molecule has 0 spiro atoms. The highest BCUT2D eigenvalue weighted by Gasteiger charge is 2.23. The molecular formula is C14H21ClN2O. The fourth-order valence-corrected chi connectivity index (χ4v) is 2.60. The molecule has 1 atom stereocenters. The molecule has 2 rings (SSSR count). The highest BCUT2D eigenvalue weighted by Crippen LogP contribution is 2.28. The lowest BCUT2D eigenvalue weighted by atomic mass is 10.1. The van der Waals surface area contributed by atoms with Crippen molar-refractivity contribution in [1.29, 1.82) is 0 Å². The summed E-state index contributed by atoms with van der Waals surface area (Å²) in [4.78, 5) is 2.39. The van der Waals surface area contributed by atoms with Gasteiger partial charge in [-0.15, -0.1) is 0 Å². The summed E-state index contributed by atoms with van der Waals surface area (Å²) in [6, 6.07) is 6.14. The second kappa shape index (κ2) is 6.41. The Bertz CT molecular complexity index is 397. The van der Waals surface area contributed by atoms with Gasteiger partial charge in [0.1, 0.15) is 0 Å². The Morgan fingerprint density at radius 3 is 3.00 bits per heavy atom. The highest BCUT2D eigenvalue weighted by molar-refractivity contribution is 6.30. The second-order valence-electron chi connectivity index (χ2n) is 4.65. The monoisotopic (exact) mass is 268 g/mol. The minimum atomic E-state index is 0.354. The Kier molecular flexibility index (Phi) is 4.87. The summed E-state index contributed by atoms with van der Waals surface area (Å²) in [5.41, 5.74) is 2.54. The molecule has 100 valence electrons. The van der Waals surface area contributed by atoms with Gasteiger partial charge in [0.2, 0.25) is 0 Å². The van der Waals surface area contributed by atoms with Gasteiger partial charge in [-0.1, -0.05) is 18.5 Å². The average Bonchev–Trinajstić information content (AvgIpc) is 2.85. The smallest absolute Gasteiger partial charge is 0.0762 e. The molecule has 0 amide bonds. The van der Waals surface area contributed by atoms with E-state index in [1.54, 1.807) is 7.11 Å². The molecule has 1 saturated heterocycles. The number of hydrogen-bond acceptors (Lipinski definition) is 3. The van der Waals surface area contributed by atoms with E-state index in [1.807, 2.05) is 6.07 Å². The van der Waals surface area contributed by atoms with Crippen LogP contribution in [-0.4, -0.2) is 32.8 Å². The van der Waals surface area contributed by atoms with Crippen LogP contribution in [0, 0.1) is 0 Å². The van der Waals surface area contributed by atoms with Gasteiger partial charge in [0.05, 0.1) is 6.10 Å². The number of ether oxygens (including phenoxy) is 1. The minimum absolute atomic E-state index is 0.354. The lowest BCUT2D eigenvalue weighted by molar-refractivity contribution is 0.121. The van der Waals surface area contributed by atoms with Crippen LogP contribution in [-0.2, 0) is 11.3 Å². The van der Waals surface area contributed by atoms with Gasteiger partial charge in [-0.25, -0.2) is 0 Å². The molecule has 1 aromatic rings. The molecule has 1 aromatic carbocycles. The van der Waals surface area contributed by atoms with Crippen LogP contribution in [0.3, 0.4) is 0 Å². The Morgan fingerprint density at radius 2 is 2.33 bits per heavy atom. The number of nitrogens with zero attached hydrogens (tertiary/aromatic N) is 1. The molecule has 0 radical (unpaired) electrons. The first-order chi connectivity index (χ1) is 8.74. The predicted molar refractivity (Wildman–Crippen MR) is 76.5 cm³/mol. The molecule has 3 nitrogen and oxygen atoms in total. The number of anilines is 1. The van der Waals surface area contributed by atoms with E-state index in [4.69, 9.17) is 16.3 Å². The zero-order valence-electron chi connectivity index (χ0n) is 11.1. The van der Waals surface area contributed by atoms with Crippen LogP contribution in [0.25, 0.3) is 0 Å². The molecule has 4 heteroatoms. The van der Waals surface area contributed by atoms with Gasteiger partial charge >= 0.3 is 0 Å². The molecule has 1 N–H and O–H groups in total. The Labute approximate surface area is 114 Å². The Morgan fingerprint density at radius 1 is 1.50 bits per heavy atom. The summed E-state index contributed by atoms with van der Waals surface area (Å²) in [6.45, 7) is 5.96. The maximum Gasteiger partial charge on any atom is 0.0762 e. The minimum Gasteiger partial charge on any atom is -0.380 e. The molecule has 1 unspecified atom stereocenters. The van der Waals surface area contributed by atoms with Crippen LogP contribution in [0.15, 0.2) is 18.2 Å². The summed E-state index contributed by atoms with van der Waals surface area (Å²) < 4.78 is 5.42. The van der Waals surface area contributed by atoms with Crippen LogP contribution in [0.1, 0.15) is 18.9 Å². The Balaban J connectivity index is 2.16. The summed E-state index contributed by atoms with van der Waals surface area (Å²) in [6.07, 6.45) is 1.45. The van der Waals surface area contributed by atoms with Crippen molar-refractivity contribution in [2.24, 2.45) is 0 Å². The molecule has 18 heavy (non-hydrogen) atoms. The lowest BCUT2D eigenvalue weighted by Crippen LogP contribution is -2.24. The van der Waals surface area contributed by atoms with Crippen molar-refractivity contribution in [3.63, 3.8) is 0 Å². The normalized spacial score (nSPS) is 19.5. The third-order valence-electron chi connectivity index (χ3n) is 3.43. The van der Waals surface area contributed by atoms with Gasteiger partial charge in [0.15, 0.2) is 0 Å². The van der Waals surface area contributed by atoms with Gasteiger partial charge < -0.3 is 15.0 Å². The van der Waals surface area contributed by atoms with E-state index in [0.717, 1.165) is 37.6 Å². The van der Waals surface area contributed by atoms with Crippen LogP contribution >= 0.6 is 11.6 Å². The number of hydrogen-bond donors (Lipinski definition) is 1. The van der Waals surface area contributed by atoms with Crippen molar-refractivity contribution in [3.8, 4) is 0 Å². The zero-order valence-corrected chi connectivity index (χ0v) is 11.8. The third kappa shape index (κ3) is 3.16. The summed E-state index contributed by atoms with van der Waals surface area (Å²) >= 11 is 6.09. The molecule has 1 fully saturated rings. The Hall–Kier alpha value is -0.770. The number of methoxy groups -OCH3 is 1. The second-order valence-corrected chi connectivity index (χ2v) is 5.08. The van der Waals surface area contributed by atoms with E-state index in [1.165, 1.54) is 11.3 Å². The van der Waals surface area contributed by atoms with Gasteiger partial charge in [-0.3, -0.25) is 0 Å². The molecular weight excluding hydrogens is 248 g/mol. The van der Waals surface area contributed by atoms with E-state index < -0.39 is 0 Å². The van der Waals surface area contributed by atoms with E-state index in [9.17, 15) is 0 Å². The van der Waals surface area contributed by atoms with Gasteiger partial charge in [-0.05, 0) is 36.7 Å². The summed E-state index contributed by atoms with van der Waals surface area (Å²) in [5, 5.41) is 4.16. The van der Waals surface area contributed by atoms with E-state index >= 15 is 0 Å². The number of nitrogens with one attached hydrogen (secondary N) is 1. The van der Waals surface area contributed by atoms with Gasteiger partial charge in [0.25, 0.3) is 0 Å². The van der Waals surface area contributed by atoms with Crippen molar-refractivity contribution in [2.45, 2.75) is 26.0 Å². The predicted octanol–water partition coefficient (Wildman–Crippen LogP) is 2.67. The van der Waals surface area contributed by atoms with Gasteiger partial charge in [0, 0.05) is 37.5 Å². The largest absolute Gasteiger partial charge is 0.380 e. The van der Waals surface area contributed by atoms with Crippen LogP contribution < -0.4 is 10.2 Å². The van der Waals surface area contributed by atoms with E-state index in [0.29, 0.717) is 6.10 Å². The molecule has 1 aliphatic rings. The first kappa shape index (κ1) is 13.7. The molecule has 0 bridgehead atoms. The first-order valence-corrected chi connectivity index (χ1v) is 6.89. The zero-order chi connectivity index (χ0) is 13.0. The van der Waals surface area contributed by atoms with Crippen molar-refractivity contribution in [2.75, 3.05) is 31.6 Å². The van der Waals surface area contributed by atoms with E-state index in [2.05, 4.69) is 29.3 Å². The molecule has 0 aliphatic carbocycles. The molecule has 0 aromatic heterocycles. The molecule has 1 aliphatic heterocycles. The number of halogens is 1. The highest BCUT2D eigenvalue weighted by atomic mass is 35.5. The summed E-state index contributed by atoms with van der Waals surface area (Å²) in [7, 11) is 1.79. The van der Waals surface area contributed by atoms with Crippen molar-refractivity contribution in [3.05, 3.63) is 28.8 Å². The topological polar surface area (TPSA) is 24.5 Å².